The molecule has 3 atom stereocenters. The van der Waals surface area contributed by atoms with Crippen LogP contribution in [-0.2, 0) is 35.2 Å². The number of amides is 4. The first kappa shape index (κ1) is 34.2. The van der Waals surface area contributed by atoms with E-state index in [2.05, 4.69) is 24.5 Å². The Morgan fingerprint density at radius 1 is 0.951 bits per heavy atom. The summed E-state index contributed by atoms with van der Waals surface area (Å²) in [7, 11) is 0. The molecule has 9 nitrogen and oxygen atoms in total. The summed E-state index contributed by atoms with van der Waals surface area (Å²) in [5.41, 5.74) is 1.68. The molecule has 1 aliphatic rings. The Bertz CT molecular complexity index is 1120. The minimum Gasteiger partial charge on any atom is -0.346 e. The number of imide groups is 1. The first-order chi connectivity index (χ1) is 19.2. The fraction of sp³-hybridized carbons (Fsp3) is 0.613. The number of carbonyl (C=O) groups excluding carboxylic acids is 6. The Labute approximate surface area is 248 Å². The number of rotatable bonds is 16. The quantitative estimate of drug-likeness (QED) is 0.219. The molecule has 0 saturated carbocycles. The van der Waals surface area contributed by atoms with Gasteiger partial charge in [0.2, 0.25) is 23.5 Å². The average molecular weight is 588 g/mol. The number of thioether (sulfide) groups is 1. The number of anilines is 1. The predicted octanol–water partition coefficient (Wildman–Crippen LogP) is 4.18. The first-order valence-corrected chi connectivity index (χ1v) is 15.4. The van der Waals surface area contributed by atoms with Crippen LogP contribution in [0.15, 0.2) is 24.3 Å². The average Bonchev–Trinajstić information content (AvgIpc) is 3.12. The summed E-state index contributed by atoms with van der Waals surface area (Å²) < 4.78 is 0. The standard InChI is InChI=1S/C31H45N3O6S/c1-18(2)14-22-8-10-23(11-9-22)32-30(39)25(36)16-21(7)15-24(35)29(19(3)4)33-27(37)12-13-34-28(38)17-26(31(34)40)41-20(5)6/h8-11,18-21,26,29H,12-17H2,1-7H3,(H,32,39)(H,33,37)/t21-,26?,29?/m1/s1. The molecule has 0 radical (unpaired) electrons. The second kappa shape index (κ2) is 15.8. The smallest absolute Gasteiger partial charge is 0.291 e. The van der Waals surface area contributed by atoms with Crippen molar-refractivity contribution in [3.05, 3.63) is 29.8 Å². The van der Waals surface area contributed by atoms with Gasteiger partial charge in [-0.2, -0.15) is 0 Å². The van der Waals surface area contributed by atoms with Crippen molar-refractivity contribution in [1.82, 2.24) is 10.2 Å². The fourth-order valence-electron chi connectivity index (χ4n) is 4.75. The summed E-state index contributed by atoms with van der Waals surface area (Å²) in [6, 6.07) is 6.60. The second-order valence-electron chi connectivity index (χ2n) is 12.0. The number of benzene rings is 1. The summed E-state index contributed by atoms with van der Waals surface area (Å²) in [5, 5.41) is 5.14. The van der Waals surface area contributed by atoms with Crippen molar-refractivity contribution in [1.29, 1.82) is 0 Å². The highest BCUT2D eigenvalue weighted by Gasteiger charge is 2.39. The van der Waals surface area contributed by atoms with Gasteiger partial charge < -0.3 is 10.6 Å². The SMILES string of the molecule is CC(C)Cc1ccc(NC(=O)C(=O)C[C@H](C)CC(=O)C(NC(=O)CCN2C(=O)CC(SC(C)C)C2=O)C(C)C)cc1. The van der Waals surface area contributed by atoms with E-state index < -0.39 is 34.8 Å². The van der Waals surface area contributed by atoms with Gasteiger partial charge in [0.15, 0.2) is 5.78 Å². The first-order valence-electron chi connectivity index (χ1n) is 14.4. The largest absolute Gasteiger partial charge is 0.346 e. The highest BCUT2D eigenvalue weighted by Crippen LogP contribution is 2.28. The maximum Gasteiger partial charge on any atom is 0.291 e. The molecule has 0 bridgehead atoms. The van der Waals surface area contributed by atoms with Gasteiger partial charge in [-0.15, -0.1) is 11.8 Å². The molecule has 1 saturated heterocycles. The van der Waals surface area contributed by atoms with Crippen LogP contribution in [0.25, 0.3) is 0 Å². The van der Waals surface area contributed by atoms with Gasteiger partial charge >= 0.3 is 0 Å². The van der Waals surface area contributed by atoms with Crippen LogP contribution in [-0.4, -0.2) is 63.2 Å². The second-order valence-corrected chi connectivity index (χ2v) is 13.7. The zero-order valence-corrected chi connectivity index (χ0v) is 26.1. The lowest BCUT2D eigenvalue weighted by Gasteiger charge is -2.23. The van der Waals surface area contributed by atoms with Crippen molar-refractivity contribution in [3.8, 4) is 0 Å². The van der Waals surface area contributed by atoms with E-state index in [0.29, 0.717) is 11.6 Å². The van der Waals surface area contributed by atoms with Crippen LogP contribution in [0.5, 0.6) is 0 Å². The van der Waals surface area contributed by atoms with Crippen molar-refractivity contribution in [2.45, 2.75) is 97.1 Å². The minimum atomic E-state index is -0.785. The van der Waals surface area contributed by atoms with E-state index in [1.165, 1.54) is 11.8 Å². The van der Waals surface area contributed by atoms with Gasteiger partial charge in [0.05, 0.1) is 11.3 Å². The highest BCUT2D eigenvalue weighted by molar-refractivity contribution is 8.01. The van der Waals surface area contributed by atoms with E-state index in [1.807, 2.05) is 26.0 Å². The lowest BCUT2D eigenvalue weighted by Crippen LogP contribution is -2.46. The molecule has 2 unspecified atom stereocenters. The van der Waals surface area contributed by atoms with Crippen LogP contribution in [0.1, 0.15) is 79.7 Å². The Kier molecular flexibility index (Phi) is 13.2. The van der Waals surface area contributed by atoms with Crippen LogP contribution in [0.4, 0.5) is 5.69 Å². The van der Waals surface area contributed by atoms with E-state index in [0.717, 1.165) is 16.9 Å². The van der Waals surface area contributed by atoms with E-state index in [-0.39, 0.29) is 61.0 Å². The Morgan fingerprint density at radius 3 is 2.15 bits per heavy atom. The molecular formula is C31H45N3O6S. The van der Waals surface area contributed by atoms with Gasteiger partial charge in [0.25, 0.3) is 5.91 Å². The maximum absolute atomic E-state index is 13.0. The van der Waals surface area contributed by atoms with Gasteiger partial charge in [0, 0.05) is 37.9 Å². The number of hydrogen-bond acceptors (Lipinski definition) is 7. The number of carbonyl (C=O) groups is 6. The van der Waals surface area contributed by atoms with Gasteiger partial charge in [-0.25, -0.2) is 0 Å². The monoisotopic (exact) mass is 587 g/mol. The third-order valence-electron chi connectivity index (χ3n) is 6.72. The lowest BCUT2D eigenvalue weighted by molar-refractivity contribution is -0.139. The molecule has 41 heavy (non-hydrogen) atoms. The highest BCUT2D eigenvalue weighted by atomic mass is 32.2. The minimum absolute atomic E-state index is 0.0171. The van der Waals surface area contributed by atoms with Gasteiger partial charge in [-0.3, -0.25) is 33.7 Å². The number of hydrogen-bond donors (Lipinski definition) is 2. The molecule has 1 fully saturated rings. The molecule has 4 amide bonds. The molecule has 226 valence electrons. The number of ketones is 2. The molecule has 0 spiro atoms. The molecular weight excluding hydrogens is 542 g/mol. The summed E-state index contributed by atoms with van der Waals surface area (Å²) in [6.45, 7) is 13.5. The van der Waals surface area contributed by atoms with E-state index in [1.54, 1.807) is 32.9 Å². The summed E-state index contributed by atoms with van der Waals surface area (Å²) in [6.07, 6.45) is 0.876. The van der Waals surface area contributed by atoms with Crippen LogP contribution >= 0.6 is 11.8 Å². The van der Waals surface area contributed by atoms with Crippen molar-refractivity contribution < 1.29 is 28.8 Å². The van der Waals surface area contributed by atoms with Gasteiger partial charge in [-0.05, 0) is 47.1 Å². The number of nitrogens with zero attached hydrogens (tertiary/aromatic N) is 1. The topological polar surface area (TPSA) is 130 Å². The summed E-state index contributed by atoms with van der Waals surface area (Å²) in [5.74, 6) is -2.67. The van der Waals surface area contributed by atoms with Crippen molar-refractivity contribution in [2.75, 3.05) is 11.9 Å². The van der Waals surface area contributed by atoms with E-state index >= 15 is 0 Å². The third-order valence-corrected chi connectivity index (χ3v) is 7.97. The molecule has 2 rings (SSSR count). The molecule has 2 N–H and O–H groups in total. The fourth-order valence-corrected chi connectivity index (χ4v) is 5.89. The zero-order valence-electron chi connectivity index (χ0n) is 25.3. The molecule has 1 aliphatic heterocycles. The van der Waals surface area contributed by atoms with Crippen LogP contribution < -0.4 is 10.6 Å². The normalized spacial score (nSPS) is 16.8. The predicted molar refractivity (Wildman–Crippen MR) is 161 cm³/mol. The van der Waals surface area contributed by atoms with Crippen molar-refractivity contribution >= 4 is 52.6 Å². The van der Waals surface area contributed by atoms with Gasteiger partial charge in [0.1, 0.15) is 0 Å². The van der Waals surface area contributed by atoms with E-state index in [4.69, 9.17) is 0 Å². The maximum atomic E-state index is 13.0. The summed E-state index contributed by atoms with van der Waals surface area (Å²) >= 11 is 1.44. The number of Topliss-reactive ketones (excluding diaryl/α,β-unsaturated/α-hetero) is 2. The molecule has 0 aliphatic carbocycles. The Morgan fingerprint density at radius 2 is 1.59 bits per heavy atom. The molecule has 0 aromatic heterocycles. The summed E-state index contributed by atoms with van der Waals surface area (Å²) in [4.78, 5) is 76.6. The molecule has 1 aromatic rings. The number of likely N-dealkylation sites (tertiary alicyclic amines) is 1. The molecule has 1 heterocycles. The lowest BCUT2D eigenvalue weighted by atomic mass is 9.90. The third kappa shape index (κ3) is 11.1. The number of nitrogens with one attached hydrogen (secondary N) is 2. The van der Waals surface area contributed by atoms with Crippen molar-refractivity contribution in [2.24, 2.45) is 17.8 Å². The van der Waals surface area contributed by atoms with E-state index in [9.17, 15) is 28.8 Å². The van der Waals surface area contributed by atoms with Crippen molar-refractivity contribution in [3.63, 3.8) is 0 Å². The van der Waals surface area contributed by atoms with Crippen LogP contribution in [0.2, 0.25) is 0 Å². The Hall–Kier alpha value is -3.01. The van der Waals surface area contributed by atoms with Crippen LogP contribution in [0, 0.1) is 17.8 Å². The zero-order chi connectivity index (χ0) is 30.9. The Balaban J connectivity index is 1.84. The molecule has 10 heteroatoms. The van der Waals surface area contributed by atoms with Gasteiger partial charge in [-0.1, -0.05) is 60.6 Å². The van der Waals surface area contributed by atoms with Crippen LogP contribution in [0.3, 0.4) is 0 Å². The molecule has 1 aromatic carbocycles.